The first kappa shape index (κ1) is 15.8. The van der Waals surface area contributed by atoms with Crippen LogP contribution in [0.5, 0.6) is 0 Å². The maximum Gasteiger partial charge on any atom is 0.0587 e. The lowest BCUT2D eigenvalue weighted by atomic mass is 10.2. The molecule has 0 radical (unpaired) electrons. The molecule has 0 saturated carbocycles. The average molecular weight is 288 g/mol. The number of nitrogens with one attached hydrogen (secondary N) is 1. The summed E-state index contributed by atoms with van der Waals surface area (Å²) in [5.41, 5.74) is 1.21. The molecule has 18 heavy (non-hydrogen) atoms. The SMILES string of the molecule is CCC(C)Sc1ccc(CNCCOC)cc1Cl. The molecule has 0 aliphatic rings. The third kappa shape index (κ3) is 5.61. The molecule has 0 fully saturated rings. The molecule has 2 nitrogen and oxygen atoms in total. The Bertz CT molecular complexity index is 360. The largest absolute Gasteiger partial charge is 0.383 e. The molecule has 0 spiro atoms. The highest BCUT2D eigenvalue weighted by Gasteiger charge is 2.06. The van der Waals surface area contributed by atoms with E-state index in [1.807, 2.05) is 17.8 Å². The van der Waals surface area contributed by atoms with Crippen LogP contribution < -0.4 is 5.32 Å². The van der Waals surface area contributed by atoms with Gasteiger partial charge in [-0.25, -0.2) is 0 Å². The van der Waals surface area contributed by atoms with Crippen LogP contribution in [0.25, 0.3) is 0 Å². The topological polar surface area (TPSA) is 21.3 Å². The van der Waals surface area contributed by atoms with Crippen LogP contribution in [0.2, 0.25) is 5.02 Å². The summed E-state index contributed by atoms with van der Waals surface area (Å²) < 4.78 is 4.99. The fourth-order valence-electron chi connectivity index (χ4n) is 1.46. The zero-order chi connectivity index (χ0) is 13.4. The third-order valence-corrected chi connectivity index (χ3v) is 4.48. The molecular formula is C14H22ClNOS. The zero-order valence-corrected chi connectivity index (χ0v) is 12.9. The van der Waals surface area contributed by atoms with Gasteiger partial charge in [0.15, 0.2) is 0 Å². The molecule has 0 bridgehead atoms. The molecule has 1 aromatic rings. The number of benzene rings is 1. The van der Waals surface area contributed by atoms with Crippen LogP contribution in [-0.4, -0.2) is 25.5 Å². The van der Waals surface area contributed by atoms with Crippen LogP contribution in [0.1, 0.15) is 25.8 Å². The van der Waals surface area contributed by atoms with Crippen LogP contribution in [-0.2, 0) is 11.3 Å². The lowest BCUT2D eigenvalue weighted by Gasteiger charge is -2.11. The van der Waals surface area contributed by atoms with E-state index in [2.05, 4.69) is 31.3 Å². The Kier molecular flexibility index (Phi) is 7.75. The van der Waals surface area contributed by atoms with Gasteiger partial charge >= 0.3 is 0 Å². The van der Waals surface area contributed by atoms with Crippen LogP contribution in [0.3, 0.4) is 0 Å². The monoisotopic (exact) mass is 287 g/mol. The Morgan fingerprint density at radius 1 is 1.44 bits per heavy atom. The van der Waals surface area contributed by atoms with E-state index in [4.69, 9.17) is 16.3 Å². The molecule has 1 unspecified atom stereocenters. The lowest BCUT2D eigenvalue weighted by molar-refractivity contribution is 0.199. The van der Waals surface area contributed by atoms with Gasteiger partial charge in [-0.2, -0.15) is 0 Å². The summed E-state index contributed by atoms with van der Waals surface area (Å²) in [6.07, 6.45) is 1.15. The molecule has 1 N–H and O–H groups in total. The van der Waals surface area contributed by atoms with Crippen molar-refractivity contribution in [2.24, 2.45) is 0 Å². The Morgan fingerprint density at radius 3 is 2.83 bits per heavy atom. The Hall–Kier alpha value is -0.220. The first-order valence-electron chi connectivity index (χ1n) is 6.32. The van der Waals surface area contributed by atoms with Gasteiger partial charge in [-0.05, 0) is 24.1 Å². The van der Waals surface area contributed by atoms with Crippen molar-refractivity contribution >= 4 is 23.4 Å². The van der Waals surface area contributed by atoms with Gasteiger partial charge in [0.2, 0.25) is 0 Å². The van der Waals surface area contributed by atoms with Crippen molar-refractivity contribution in [3.8, 4) is 0 Å². The molecule has 4 heteroatoms. The highest BCUT2D eigenvalue weighted by Crippen LogP contribution is 2.32. The minimum absolute atomic E-state index is 0.605. The maximum atomic E-state index is 6.30. The lowest BCUT2D eigenvalue weighted by Crippen LogP contribution is -2.18. The van der Waals surface area contributed by atoms with Crippen LogP contribution in [0, 0.1) is 0 Å². The standard InChI is InChI=1S/C14H22ClNOS/c1-4-11(2)18-14-6-5-12(9-13(14)15)10-16-7-8-17-3/h5-6,9,11,16H,4,7-8,10H2,1-3H3. The summed E-state index contributed by atoms with van der Waals surface area (Å²) >= 11 is 8.14. The number of hydrogen-bond donors (Lipinski definition) is 1. The molecule has 0 aromatic heterocycles. The van der Waals surface area contributed by atoms with E-state index in [0.29, 0.717) is 5.25 Å². The van der Waals surface area contributed by atoms with Gasteiger partial charge in [-0.3, -0.25) is 0 Å². The fraction of sp³-hybridized carbons (Fsp3) is 0.571. The second kappa shape index (κ2) is 8.81. The molecule has 0 heterocycles. The van der Waals surface area contributed by atoms with Gasteiger partial charge in [0.25, 0.3) is 0 Å². The van der Waals surface area contributed by atoms with Crippen molar-refractivity contribution in [2.75, 3.05) is 20.3 Å². The highest BCUT2D eigenvalue weighted by atomic mass is 35.5. The van der Waals surface area contributed by atoms with Gasteiger partial charge in [-0.15, -0.1) is 11.8 Å². The van der Waals surface area contributed by atoms with E-state index in [0.717, 1.165) is 31.1 Å². The number of methoxy groups -OCH3 is 1. The van der Waals surface area contributed by atoms with Gasteiger partial charge in [0.05, 0.1) is 11.6 Å². The number of thioether (sulfide) groups is 1. The van der Waals surface area contributed by atoms with Gasteiger partial charge in [-0.1, -0.05) is 31.5 Å². The van der Waals surface area contributed by atoms with Gasteiger partial charge < -0.3 is 10.1 Å². The van der Waals surface area contributed by atoms with Crippen molar-refractivity contribution < 1.29 is 4.74 Å². The Labute approximate surface area is 119 Å². The third-order valence-electron chi connectivity index (χ3n) is 2.71. The molecule has 0 aliphatic heterocycles. The number of rotatable bonds is 8. The highest BCUT2D eigenvalue weighted by molar-refractivity contribution is 8.00. The number of hydrogen-bond acceptors (Lipinski definition) is 3. The van der Waals surface area contributed by atoms with E-state index < -0.39 is 0 Å². The molecule has 0 amide bonds. The van der Waals surface area contributed by atoms with E-state index >= 15 is 0 Å². The Balaban J connectivity index is 2.51. The number of halogens is 1. The fourth-order valence-corrected chi connectivity index (χ4v) is 2.71. The molecule has 102 valence electrons. The molecule has 1 atom stereocenters. The first-order valence-corrected chi connectivity index (χ1v) is 7.57. The first-order chi connectivity index (χ1) is 8.67. The molecule has 0 aliphatic carbocycles. The minimum atomic E-state index is 0.605. The van der Waals surface area contributed by atoms with Crippen molar-refractivity contribution in [3.05, 3.63) is 28.8 Å². The average Bonchev–Trinajstić information content (AvgIpc) is 2.37. The normalized spacial score (nSPS) is 12.7. The van der Waals surface area contributed by atoms with E-state index in [-0.39, 0.29) is 0 Å². The van der Waals surface area contributed by atoms with E-state index in [1.165, 1.54) is 10.5 Å². The van der Waals surface area contributed by atoms with Crippen molar-refractivity contribution in [1.29, 1.82) is 0 Å². The van der Waals surface area contributed by atoms with Crippen LogP contribution in [0.4, 0.5) is 0 Å². The van der Waals surface area contributed by atoms with Gasteiger partial charge in [0.1, 0.15) is 0 Å². The van der Waals surface area contributed by atoms with Crippen LogP contribution in [0.15, 0.2) is 23.1 Å². The van der Waals surface area contributed by atoms with E-state index in [9.17, 15) is 0 Å². The summed E-state index contributed by atoms with van der Waals surface area (Å²) in [6.45, 7) is 6.84. The van der Waals surface area contributed by atoms with E-state index in [1.54, 1.807) is 7.11 Å². The summed E-state index contributed by atoms with van der Waals surface area (Å²) in [5, 5.41) is 4.77. The second-order valence-electron chi connectivity index (χ2n) is 4.27. The smallest absolute Gasteiger partial charge is 0.0587 e. The molecule has 1 aromatic carbocycles. The van der Waals surface area contributed by atoms with Crippen molar-refractivity contribution in [1.82, 2.24) is 5.32 Å². The second-order valence-corrected chi connectivity index (χ2v) is 6.16. The number of ether oxygens (including phenoxy) is 1. The summed E-state index contributed by atoms with van der Waals surface area (Å²) in [7, 11) is 1.71. The van der Waals surface area contributed by atoms with Crippen molar-refractivity contribution in [3.63, 3.8) is 0 Å². The zero-order valence-electron chi connectivity index (χ0n) is 11.3. The quantitative estimate of drug-likeness (QED) is 0.577. The maximum absolute atomic E-state index is 6.30. The predicted octanol–water partition coefficient (Wildman–Crippen LogP) is 3.97. The Morgan fingerprint density at radius 2 is 2.22 bits per heavy atom. The minimum Gasteiger partial charge on any atom is -0.383 e. The summed E-state index contributed by atoms with van der Waals surface area (Å²) in [5.74, 6) is 0. The molecular weight excluding hydrogens is 266 g/mol. The van der Waals surface area contributed by atoms with Crippen LogP contribution >= 0.6 is 23.4 Å². The summed E-state index contributed by atoms with van der Waals surface area (Å²) in [6, 6.07) is 6.30. The molecule has 1 rings (SSSR count). The molecule has 0 saturated heterocycles. The predicted molar refractivity (Wildman–Crippen MR) is 80.6 cm³/mol. The van der Waals surface area contributed by atoms with Gasteiger partial charge in [0, 0.05) is 30.3 Å². The van der Waals surface area contributed by atoms with Crippen molar-refractivity contribution in [2.45, 2.75) is 37.0 Å². The summed E-state index contributed by atoms with van der Waals surface area (Å²) in [4.78, 5) is 1.17.